The number of hydrogen-bond donors (Lipinski definition) is 0. The van der Waals surface area contributed by atoms with Gasteiger partial charge in [-0.3, -0.25) is 10.1 Å². The standard InChI is InChI=1S/C16H10N2O2S/c1-11-2-4-12(5-3-11)6-9-16-17-14-8-7-13(18(19)20)10-15(14)21-16/h2-5,7-8,10H,1H3. The number of fused-ring (bicyclic) bond motifs is 1. The van der Waals surface area contributed by atoms with Crippen LogP contribution in [0, 0.1) is 28.9 Å². The van der Waals surface area contributed by atoms with Gasteiger partial charge in [0.1, 0.15) is 0 Å². The maximum atomic E-state index is 10.8. The summed E-state index contributed by atoms with van der Waals surface area (Å²) >= 11 is 1.36. The zero-order chi connectivity index (χ0) is 14.8. The number of aromatic nitrogens is 1. The zero-order valence-corrected chi connectivity index (χ0v) is 12.0. The van der Waals surface area contributed by atoms with Crippen LogP contribution in [0.4, 0.5) is 5.69 Å². The van der Waals surface area contributed by atoms with Crippen molar-refractivity contribution in [3.05, 3.63) is 68.7 Å². The molecule has 1 aromatic heterocycles. The van der Waals surface area contributed by atoms with Crippen LogP contribution in [0.2, 0.25) is 0 Å². The van der Waals surface area contributed by atoms with Crippen LogP contribution in [-0.2, 0) is 0 Å². The van der Waals surface area contributed by atoms with Crippen molar-refractivity contribution in [1.29, 1.82) is 0 Å². The van der Waals surface area contributed by atoms with E-state index in [2.05, 4.69) is 16.8 Å². The average molecular weight is 294 g/mol. The van der Waals surface area contributed by atoms with E-state index < -0.39 is 4.92 Å². The number of hydrogen-bond acceptors (Lipinski definition) is 4. The second-order valence-electron chi connectivity index (χ2n) is 4.54. The van der Waals surface area contributed by atoms with Crippen LogP contribution in [0.5, 0.6) is 0 Å². The minimum atomic E-state index is -0.406. The molecule has 5 heteroatoms. The molecule has 0 atom stereocenters. The van der Waals surface area contributed by atoms with E-state index in [1.54, 1.807) is 6.07 Å². The maximum Gasteiger partial charge on any atom is 0.270 e. The zero-order valence-electron chi connectivity index (χ0n) is 11.2. The number of aryl methyl sites for hydroxylation is 1. The highest BCUT2D eigenvalue weighted by molar-refractivity contribution is 7.19. The fourth-order valence-corrected chi connectivity index (χ4v) is 2.70. The van der Waals surface area contributed by atoms with Gasteiger partial charge in [-0.15, -0.1) is 11.3 Å². The van der Waals surface area contributed by atoms with E-state index in [9.17, 15) is 10.1 Å². The third-order valence-electron chi connectivity index (χ3n) is 2.95. The van der Waals surface area contributed by atoms with Crippen LogP contribution in [0.1, 0.15) is 16.1 Å². The number of rotatable bonds is 1. The lowest BCUT2D eigenvalue weighted by atomic mass is 10.2. The van der Waals surface area contributed by atoms with Gasteiger partial charge in [0.15, 0.2) is 5.01 Å². The maximum absolute atomic E-state index is 10.8. The molecular formula is C16H10N2O2S. The lowest BCUT2D eigenvalue weighted by Gasteiger charge is -1.90. The number of benzene rings is 2. The first-order valence-corrected chi connectivity index (χ1v) is 7.07. The van der Waals surface area contributed by atoms with E-state index in [1.165, 1.54) is 29.0 Å². The first-order valence-electron chi connectivity index (χ1n) is 6.25. The van der Waals surface area contributed by atoms with Crippen LogP contribution >= 0.6 is 11.3 Å². The molecule has 0 radical (unpaired) electrons. The summed E-state index contributed by atoms with van der Waals surface area (Å²) in [5.74, 6) is 6.06. The lowest BCUT2D eigenvalue weighted by molar-refractivity contribution is -0.384. The van der Waals surface area contributed by atoms with Gasteiger partial charge in [-0.25, -0.2) is 4.98 Å². The molecule has 0 N–H and O–H groups in total. The number of nitrogens with zero attached hydrogens (tertiary/aromatic N) is 2. The molecule has 3 rings (SSSR count). The molecule has 0 unspecified atom stereocenters. The molecule has 0 fully saturated rings. The summed E-state index contributed by atoms with van der Waals surface area (Å²) in [5.41, 5.74) is 2.92. The molecule has 0 amide bonds. The molecule has 3 aromatic rings. The van der Waals surface area contributed by atoms with E-state index >= 15 is 0 Å². The Hall–Kier alpha value is -2.71. The second kappa shape index (κ2) is 5.35. The number of nitro benzene ring substituents is 1. The molecule has 0 aliphatic heterocycles. The van der Waals surface area contributed by atoms with Crippen molar-refractivity contribution in [1.82, 2.24) is 4.98 Å². The van der Waals surface area contributed by atoms with Crippen LogP contribution in [-0.4, -0.2) is 9.91 Å². The Morgan fingerprint density at radius 1 is 1.14 bits per heavy atom. The van der Waals surface area contributed by atoms with Gasteiger partial charge in [0.05, 0.1) is 15.1 Å². The average Bonchev–Trinajstić information content (AvgIpc) is 2.88. The third kappa shape index (κ3) is 2.91. The second-order valence-corrected chi connectivity index (χ2v) is 5.57. The molecule has 4 nitrogen and oxygen atoms in total. The van der Waals surface area contributed by atoms with E-state index in [0.29, 0.717) is 5.01 Å². The lowest BCUT2D eigenvalue weighted by Crippen LogP contribution is -1.85. The SMILES string of the molecule is Cc1ccc(C#Cc2nc3ccc([N+](=O)[O-])cc3s2)cc1. The van der Waals surface area contributed by atoms with Gasteiger partial charge in [0.25, 0.3) is 5.69 Å². The summed E-state index contributed by atoms with van der Waals surface area (Å²) in [6.07, 6.45) is 0. The topological polar surface area (TPSA) is 56.0 Å². The van der Waals surface area contributed by atoms with Gasteiger partial charge in [-0.2, -0.15) is 0 Å². The van der Waals surface area contributed by atoms with Crippen molar-refractivity contribution in [2.45, 2.75) is 6.92 Å². The summed E-state index contributed by atoms with van der Waals surface area (Å²) in [6, 6.07) is 12.6. The molecule has 0 aliphatic carbocycles. The Morgan fingerprint density at radius 3 is 2.62 bits per heavy atom. The predicted octanol–water partition coefficient (Wildman–Crippen LogP) is 3.91. The van der Waals surface area contributed by atoms with Crippen molar-refractivity contribution < 1.29 is 4.92 Å². The molecule has 2 aromatic carbocycles. The fraction of sp³-hybridized carbons (Fsp3) is 0.0625. The molecule has 0 aliphatic rings. The van der Waals surface area contributed by atoms with Gasteiger partial charge in [0.2, 0.25) is 0 Å². The fourth-order valence-electron chi connectivity index (χ4n) is 1.84. The van der Waals surface area contributed by atoms with E-state index in [4.69, 9.17) is 0 Å². The van der Waals surface area contributed by atoms with Gasteiger partial charge >= 0.3 is 0 Å². The molecule has 0 saturated heterocycles. The normalized spacial score (nSPS) is 10.1. The Balaban J connectivity index is 1.95. The molecule has 0 spiro atoms. The van der Waals surface area contributed by atoms with Crippen molar-refractivity contribution in [2.75, 3.05) is 0 Å². The van der Waals surface area contributed by atoms with E-state index in [-0.39, 0.29) is 5.69 Å². The van der Waals surface area contributed by atoms with Crippen molar-refractivity contribution >= 4 is 27.2 Å². The smallest absolute Gasteiger partial charge is 0.258 e. The number of thiazole rings is 1. The first-order chi connectivity index (χ1) is 10.1. The minimum absolute atomic E-state index is 0.0733. The van der Waals surface area contributed by atoms with Crippen LogP contribution in [0.3, 0.4) is 0 Å². The van der Waals surface area contributed by atoms with Crippen molar-refractivity contribution in [3.8, 4) is 11.8 Å². The van der Waals surface area contributed by atoms with Gasteiger partial charge < -0.3 is 0 Å². The highest BCUT2D eigenvalue weighted by atomic mass is 32.1. The minimum Gasteiger partial charge on any atom is -0.258 e. The highest BCUT2D eigenvalue weighted by Crippen LogP contribution is 2.25. The Bertz CT molecular complexity index is 886. The van der Waals surface area contributed by atoms with Crippen molar-refractivity contribution in [2.24, 2.45) is 0 Å². The van der Waals surface area contributed by atoms with E-state index in [0.717, 1.165) is 15.8 Å². The highest BCUT2D eigenvalue weighted by Gasteiger charge is 2.09. The number of nitro groups is 1. The van der Waals surface area contributed by atoms with Gasteiger partial charge in [0, 0.05) is 17.7 Å². The predicted molar refractivity (Wildman–Crippen MR) is 83.4 cm³/mol. The van der Waals surface area contributed by atoms with Crippen LogP contribution < -0.4 is 0 Å². The van der Waals surface area contributed by atoms with Gasteiger partial charge in [-0.1, -0.05) is 23.6 Å². The van der Waals surface area contributed by atoms with Crippen LogP contribution in [0.15, 0.2) is 42.5 Å². The summed E-state index contributed by atoms with van der Waals surface area (Å²) in [7, 11) is 0. The Morgan fingerprint density at radius 2 is 1.90 bits per heavy atom. The third-order valence-corrected chi connectivity index (χ3v) is 3.88. The Labute approximate surface area is 125 Å². The molecular weight excluding hydrogens is 284 g/mol. The van der Waals surface area contributed by atoms with Crippen molar-refractivity contribution in [3.63, 3.8) is 0 Å². The first kappa shape index (κ1) is 13.3. The summed E-state index contributed by atoms with van der Waals surface area (Å²) < 4.78 is 0.775. The number of non-ortho nitro benzene ring substituents is 1. The summed E-state index contributed by atoms with van der Waals surface area (Å²) in [4.78, 5) is 14.7. The largest absolute Gasteiger partial charge is 0.270 e. The van der Waals surface area contributed by atoms with Crippen LogP contribution in [0.25, 0.3) is 10.2 Å². The molecule has 0 bridgehead atoms. The summed E-state index contributed by atoms with van der Waals surface area (Å²) in [6.45, 7) is 2.03. The van der Waals surface area contributed by atoms with E-state index in [1.807, 2.05) is 31.2 Å². The molecule has 0 saturated carbocycles. The molecule has 102 valence electrons. The van der Waals surface area contributed by atoms with Gasteiger partial charge in [-0.05, 0) is 31.0 Å². The quantitative estimate of drug-likeness (QED) is 0.388. The molecule has 21 heavy (non-hydrogen) atoms. The molecule has 1 heterocycles. The monoisotopic (exact) mass is 294 g/mol. The Kier molecular flexibility index (Phi) is 3.38. The summed E-state index contributed by atoms with van der Waals surface area (Å²) in [5, 5.41) is 11.4.